The lowest BCUT2D eigenvalue weighted by atomic mass is 9.82. The van der Waals surface area contributed by atoms with Gasteiger partial charge in [0.15, 0.2) is 0 Å². The van der Waals surface area contributed by atoms with Crippen LogP contribution < -0.4 is 16.2 Å². The molecule has 2 aromatic rings. The summed E-state index contributed by atoms with van der Waals surface area (Å²) in [5, 5.41) is 0. The Hall–Kier alpha value is -2.14. The Kier molecular flexibility index (Phi) is 3.65. The van der Waals surface area contributed by atoms with E-state index in [1.54, 1.807) is 0 Å². The number of fused-ring (bicyclic) bond motifs is 1. The third kappa shape index (κ3) is 2.77. The number of hydrogen-bond donors (Lipinski definition) is 2. The van der Waals surface area contributed by atoms with Crippen LogP contribution in [0.2, 0.25) is 0 Å². The van der Waals surface area contributed by atoms with E-state index in [1.807, 2.05) is 6.07 Å². The van der Waals surface area contributed by atoms with E-state index >= 15 is 0 Å². The first-order chi connectivity index (χ1) is 11.2. The van der Waals surface area contributed by atoms with Crippen molar-refractivity contribution in [3.8, 4) is 5.88 Å². The molecule has 5 heteroatoms. The Bertz CT molecular complexity index is 698. The molecule has 1 heterocycles. The summed E-state index contributed by atoms with van der Waals surface area (Å²) in [5.74, 6) is 1.24. The molecule has 1 unspecified atom stereocenters. The normalized spacial score (nSPS) is 26.2. The van der Waals surface area contributed by atoms with Crippen molar-refractivity contribution in [2.75, 3.05) is 5.73 Å². The fourth-order valence-corrected chi connectivity index (χ4v) is 3.61. The summed E-state index contributed by atoms with van der Waals surface area (Å²) in [7, 11) is 0. The van der Waals surface area contributed by atoms with E-state index in [1.165, 1.54) is 5.56 Å². The first-order valence-corrected chi connectivity index (χ1v) is 8.34. The third-order valence-corrected chi connectivity index (χ3v) is 4.88. The first kappa shape index (κ1) is 14.5. The number of aromatic nitrogens is 2. The smallest absolute Gasteiger partial charge is 0.223 e. The van der Waals surface area contributed by atoms with E-state index in [0.717, 1.165) is 43.4 Å². The molecule has 0 aliphatic heterocycles. The molecule has 0 radical (unpaired) electrons. The number of nitrogen functional groups attached to an aromatic ring is 1. The van der Waals surface area contributed by atoms with Gasteiger partial charge in [0.25, 0.3) is 0 Å². The quantitative estimate of drug-likeness (QED) is 0.909. The van der Waals surface area contributed by atoms with Crippen molar-refractivity contribution in [2.24, 2.45) is 5.73 Å². The monoisotopic (exact) mass is 310 g/mol. The standard InChI is InChI=1S/C18H22N4O/c19-12-9-13(10-12)23-17-15-8-4-7-14(11-5-2-1-3-6-11)16(15)21-18(20)22-17/h1-3,5-6,12-14H,4,7-10,19H2,(H2,20,21,22). The van der Waals surface area contributed by atoms with Crippen LogP contribution in [0.1, 0.15) is 48.4 Å². The molecule has 2 aliphatic rings. The molecule has 120 valence electrons. The second kappa shape index (κ2) is 5.81. The zero-order valence-corrected chi connectivity index (χ0v) is 13.1. The highest BCUT2D eigenvalue weighted by molar-refractivity contribution is 5.43. The number of ether oxygens (including phenoxy) is 1. The largest absolute Gasteiger partial charge is 0.474 e. The molecule has 1 aromatic heterocycles. The van der Waals surface area contributed by atoms with Gasteiger partial charge in [0.05, 0.1) is 5.69 Å². The van der Waals surface area contributed by atoms with Gasteiger partial charge in [0.1, 0.15) is 6.10 Å². The lowest BCUT2D eigenvalue weighted by Crippen LogP contribution is -2.43. The molecule has 23 heavy (non-hydrogen) atoms. The maximum atomic E-state index is 6.07. The van der Waals surface area contributed by atoms with Crippen molar-refractivity contribution in [1.29, 1.82) is 0 Å². The van der Waals surface area contributed by atoms with Gasteiger partial charge in [-0.25, -0.2) is 4.98 Å². The number of nitrogens with two attached hydrogens (primary N) is 2. The van der Waals surface area contributed by atoms with Crippen molar-refractivity contribution in [1.82, 2.24) is 9.97 Å². The fraction of sp³-hybridized carbons (Fsp3) is 0.444. The molecule has 4 rings (SSSR count). The van der Waals surface area contributed by atoms with Crippen molar-refractivity contribution < 1.29 is 4.74 Å². The van der Waals surface area contributed by atoms with Crippen LogP contribution in [-0.4, -0.2) is 22.1 Å². The van der Waals surface area contributed by atoms with E-state index in [2.05, 4.69) is 34.2 Å². The van der Waals surface area contributed by atoms with Gasteiger partial charge in [-0.15, -0.1) is 0 Å². The molecule has 1 fully saturated rings. The minimum atomic E-state index is 0.167. The SMILES string of the molecule is Nc1nc(OC2CC(N)C2)c2c(n1)C(c1ccccc1)CCC2. The van der Waals surface area contributed by atoms with Gasteiger partial charge < -0.3 is 16.2 Å². The molecule has 4 N–H and O–H groups in total. The molecular weight excluding hydrogens is 288 g/mol. The van der Waals surface area contributed by atoms with E-state index in [-0.39, 0.29) is 18.1 Å². The van der Waals surface area contributed by atoms with E-state index in [9.17, 15) is 0 Å². The molecule has 5 nitrogen and oxygen atoms in total. The summed E-state index contributed by atoms with van der Waals surface area (Å²) in [6.07, 6.45) is 5.09. The summed E-state index contributed by atoms with van der Waals surface area (Å²) in [5.41, 5.74) is 15.3. The van der Waals surface area contributed by atoms with Crippen molar-refractivity contribution in [3.05, 3.63) is 47.2 Å². The van der Waals surface area contributed by atoms with Gasteiger partial charge in [-0.1, -0.05) is 30.3 Å². The average Bonchev–Trinajstić information content (AvgIpc) is 2.53. The molecule has 2 aliphatic carbocycles. The lowest BCUT2D eigenvalue weighted by molar-refractivity contribution is 0.0942. The minimum Gasteiger partial charge on any atom is -0.474 e. The molecule has 1 saturated carbocycles. The van der Waals surface area contributed by atoms with Crippen LogP contribution in [0, 0.1) is 0 Å². The van der Waals surface area contributed by atoms with Crippen molar-refractivity contribution >= 4 is 5.95 Å². The van der Waals surface area contributed by atoms with Gasteiger partial charge >= 0.3 is 0 Å². The number of nitrogens with zero attached hydrogens (tertiary/aromatic N) is 2. The average molecular weight is 310 g/mol. The highest BCUT2D eigenvalue weighted by Gasteiger charge is 2.32. The second-order valence-corrected chi connectivity index (χ2v) is 6.58. The zero-order valence-electron chi connectivity index (χ0n) is 13.1. The highest BCUT2D eigenvalue weighted by Crippen LogP contribution is 2.39. The lowest BCUT2D eigenvalue weighted by Gasteiger charge is -2.34. The van der Waals surface area contributed by atoms with E-state index in [0.29, 0.717) is 11.8 Å². The van der Waals surface area contributed by atoms with Crippen LogP contribution in [0.15, 0.2) is 30.3 Å². The van der Waals surface area contributed by atoms with Gasteiger partial charge in [0.2, 0.25) is 11.8 Å². The van der Waals surface area contributed by atoms with Gasteiger partial charge in [-0.05, 0) is 37.7 Å². The Morgan fingerprint density at radius 3 is 2.61 bits per heavy atom. The number of rotatable bonds is 3. The van der Waals surface area contributed by atoms with Crippen LogP contribution >= 0.6 is 0 Å². The maximum Gasteiger partial charge on any atom is 0.223 e. The molecule has 0 saturated heterocycles. The van der Waals surface area contributed by atoms with Crippen LogP contribution in [0.4, 0.5) is 5.95 Å². The van der Waals surface area contributed by atoms with Crippen LogP contribution in [0.25, 0.3) is 0 Å². The van der Waals surface area contributed by atoms with Gasteiger partial charge in [-0.2, -0.15) is 4.98 Å². The fourth-order valence-electron chi connectivity index (χ4n) is 3.61. The van der Waals surface area contributed by atoms with Gasteiger partial charge in [-0.3, -0.25) is 0 Å². The van der Waals surface area contributed by atoms with E-state index in [4.69, 9.17) is 16.2 Å². The predicted molar refractivity (Wildman–Crippen MR) is 89.3 cm³/mol. The number of benzene rings is 1. The zero-order chi connectivity index (χ0) is 15.8. The molecule has 1 atom stereocenters. The van der Waals surface area contributed by atoms with Crippen molar-refractivity contribution in [2.45, 2.75) is 50.2 Å². The Labute approximate surface area is 136 Å². The van der Waals surface area contributed by atoms with Crippen molar-refractivity contribution in [3.63, 3.8) is 0 Å². The Morgan fingerprint density at radius 2 is 1.87 bits per heavy atom. The number of anilines is 1. The predicted octanol–water partition coefficient (Wildman–Crippen LogP) is 2.40. The molecule has 0 bridgehead atoms. The van der Waals surface area contributed by atoms with Crippen LogP contribution in [0.5, 0.6) is 5.88 Å². The molecule has 0 spiro atoms. The first-order valence-electron chi connectivity index (χ1n) is 8.34. The summed E-state index contributed by atoms with van der Waals surface area (Å²) in [4.78, 5) is 8.93. The number of hydrogen-bond acceptors (Lipinski definition) is 5. The van der Waals surface area contributed by atoms with Crippen LogP contribution in [0.3, 0.4) is 0 Å². The second-order valence-electron chi connectivity index (χ2n) is 6.58. The topological polar surface area (TPSA) is 87.0 Å². The Morgan fingerprint density at radius 1 is 1.09 bits per heavy atom. The summed E-state index contributed by atoms with van der Waals surface area (Å²) >= 11 is 0. The summed E-state index contributed by atoms with van der Waals surface area (Å²) < 4.78 is 6.07. The summed E-state index contributed by atoms with van der Waals surface area (Å²) in [6.45, 7) is 0. The third-order valence-electron chi connectivity index (χ3n) is 4.88. The van der Waals surface area contributed by atoms with Gasteiger partial charge in [0, 0.05) is 17.5 Å². The minimum absolute atomic E-state index is 0.167. The van der Waals surface area contributed by atoms with E-state index < -0.39 is 0 Å². The maximum absolute atomic E-state index is 6.07. The Balaban J connectivity index is 1.69. The highest BCUT2D eigenvalue weighted by atomic mass is 16.5. The van der Waals surface area contributed by atoms with Crippen LogP contribution in [-0.2, 0) is 6.42 Å². The molecule has 1 aromatic carbocycles. The molecular formula is C18H22N4O. The molecule has 0 amide bonds. The summed E-state index contributed by atoms with van der Waals surface area (Å²) in [6, 6.07) is 10.7.